The molecule has 2 rings (SSSR count). The number of carbonyl (C=O) groups excluding carboxylic acids is 1. The highest BCUT2D eigenvalue weighted by atomic mass is 16.5. The lowest BCUT2D eigenvalue weighted by Crippen LogP contribution is -2.43. The minimum absolute atomic E-state index is 0.0414. The molecule has 0 aliphatic carbocycles. The molecule has 0 bridgehead atoms. The summed E-state index contributed by atoms with van der Waals surface area (Å²) in [6.07, 6.45) is 2.24. The lowest BCUT2D eigenvalue weighted by Gasteiger charge is -2.27. The summed E-state index contributed by atoms with van der Waals surface area (Å²) in [5.74, 6) is 0.0746. The van der Waals surface area contributed by atoms with Crippen LogP contribution in [-0.4, -0.2) is 42.6 Å². The molecule has 21 heavy (non-hydrogen) atoms. The van der Waals surface area contributed by atoms with Crippen LogP contribution in [0, 0.1) is 6.92 Å². The molecule has 1 amide bonds. The first kappa shape index (κ1) is 16.0. The summed E-state index contributed by atoms with van der Waals surface area (Å²) < 4.78 is 5.69. The lowest BCUT2D eigenvalue weighted by atomic mass is 10.0. The molecule has 3 atom stereocenters. The van der Waals surface area contributed by atoms with E-state index < -0.39 is 0 Å². The first-order chi connectivity index (χ1) is 10.0. The Labute approximate surface area is 127 Å². The summed E-state index contributed by atoms with van der Waals surface area (Å²) in [6.45, 7) is 4.65. The Bertz CT molecular complexity index is 472. The van der Waals surface area contributed by atoms with Crippen LogP contribution in [0.5, 0.6) is 0 Å². The predicted molar refractivity (Wildman–Crippen MR) is 84.1 cm³/mol. The molecule has 0 radical (unpaired) electrons. The van der Waals surface area contributed by atoms with Crippen molar-refractivity contribution in [3.05, 3.63) is 35.4 Å². The second-order valence-electron chi connectivity index (χ2n) is 6.05. The quantitative estimate of drug-likeness (QED) is 0.901. The molecule has 0 saturated carbocycles. The van der Waals surface area contributed by atoms with Gasteiger partial charge in [0, 0.05) is 19.6 Å². The zero-order chi connectivity index (χ0) is 15.4. The molecule has 2 N–H and O–H groups in total. The maximum absolute atomic E-state index is 12.5. The minimum atomic E-state index is -0.316. The number of likely N-dealkylation sites (N-methyl/N-ethyl adjacent to an activating group) is 1. The van der Waals surface area contributed by atoms with E-state index in [1.54, 1.807) is 0 Å². The molecule has 1 aliphatic heterocycles. The van der Waals surface area contributed by atoms with Crippen molar-refractivity contribution in [2.24, 2.45) is 5.73 Å². The normalized spacial score (nSPS) is 23.0. The number of hydrogen-bond acceptors (Lipinski definition) is 3. The first-order valence-corrected chi connectivity index (χ1v) is 7.69. The minimum Gasteiger partial charge on any atom is -0.364 e. The average Bonchev–Trinajstić information content (AvgIpc) is 2.97. The number of ether oxygens (including phenoxy) is 1. The van der Waals surface area contributed by atoms with Crippen LogP contribution in [0.4, 0.5) is 0 Å². The van der Waals surface area contributed by atoms with Gasteiger partial charge in [0.2, 0.25) is 0 Å². The fraction of sp³-hybridized carbons (Fsp3) is 0.588. The Kier molecular flexibility index (Phi) is 5.37. The Hall–Kier alpha value is -1.39. The molecule has 1 fully saturated rings. The van der Waals surface area contributed by atoms with Crippen LogP contribution in [0.3, 0.4) is 0 Å². The largest absolute Gasteiger partial charge is 0.364 e. The predicted octanol–water partition coefficient (Wildman–Crippen LogP) is 1.89. The third-order valence-corrected chi connectivity index (χ3v) is 4.31. The van der Waals surface area contributed by atoms with Crippen molar-refractivity contribution in [3.8, 4) is 0 Å². The van der Waals surface area contributed by atoms with Crippen molar-refractivity contribution in [1.82, 2.24) is 4.90 Å². The number of nitrogens with two attached hydrogens (primary N) is 1. The summed E-state index contributed by atoms with van der Waals surface area (Å²) in [5, 5.41) is 0. The zero-order valence-electron chi connectivity index (χ0n) is 13.2. The first-order valence-electron chi connectivity index (χ1n) is 7.69. The summed E-state index contributed by atoms with van der Waals surface area (Å²) in [5.41, 5.74) is 8.10. The van der Waals surface area contributed by atoms with E-state index in [1.807, 2.05) is 11.9 Å². The number of hydrogen-bond donors (Lipinski definition) is 1. The standard InChI is InChI=1S/C17H26N2O2/c1-12-4-6-14(7-5-12)10-13(2)19(3)17(20)16-9-8-15(11-18)21-16/h4-7,13,15-16H,8-11,18H2,1-3H3/t13?,15-,16+/m1/s1. The molecule has 4 nitrogen and oxygen atoms in total. The fourth-order valence-corrected chi connectivity index (χ4v) is 2.71. The number of rotatable bonds is 5. The van der Waals surface area contributed by atoms with Gasteiger partial charge in [-0.05, 0) is 38.7 Å². The van der Waals surface area contributed by atoms with Gasteiger partial charge >= 0.3 is 0 Å². The van der Waals surface area contributed by atoms with Crippen LogP contribution in [0.2, 0.25) is 0 Å². The molecular weight excluding hydrogens is 264 g/mol. The van der Waals surface area contributed by atoms with Crippen LogP contribution >= 0.6 is 0 Å². The third kappa shape index (κ3) is 4.05. The van der Waals surface area contributed by atoms with Crippen LogP contribution in [-0.2, 0) is 16.0 Å². The van der Waals surface area contributed by atoms with Crippen LogP contribution < -0.4 is 5.73 Å². The van der Waals surface area contributed by atoms with E-state index in [-0.39, 0.29) is 24.2 Å². The maximum Gasteiger partial charge on any atom is 0.251 e. The van der Waals surface area contributed by atoms with Crippen molar-refractivity contribution in [2.75, 3.05) is 13.6 Å². The Morgan fingerprint density at radius 3 is 2.62 bits per heavy atom. The molecule has 1 aromatic rings. The molecule has 1 heterocycles. The number of amides is 1. The number of benzene rings is 1. The highest BCUT2D eigenvalue weighted by molar-refractivity contribution is 5.81. The second-order valence-corrected chi connectivity index (χ2v) is 6.05. The van der Waals surface area contributed by atoms with Gasteiger partial charge in [-0.25, -0.2) is 0 Å². The number of aryl methyl sites for hydroxylation is 1. The number of nitrogens with zero attached hydrogens (tertiary/aromatic N) is 1. The van der Waals surface area contributed by atoms with Gasteiger partial charge in [-0.2, -0.15) is 0 Å². The van der Waals surface area contributed by atoms with Gasteiger partial charge in [-0.3, -0.25) is 4.79 Å². The van der Waals surface area contributed by atoms with E-state index in [2.05, 4.69) is 38.1 Å². The highest BCUT2D eigenvalue weighted by Crippen LogP contribution is 2.21. The van der Waals surface area contributed by atoms with Gasteiger partial charge in [0.1, 0.15) is 6.10 Å². The molecule has 0 spiro atoms. The molecule has 0 aromatic heterocycles. The van der Waals surface area contributed by atoms with Gasteiger partial charge < -0.3 is 15.4 Å². The van der Waals surface area contributed by atoms with Gasteiger partial charge in [0.15, 0.2) is 0 Å². The monoisotopic (exact) mass is 290 g/mol. The molecular formula is C17H26N2O2. The van der Waals surface area contributed by atoms with Crippen molar-refractivity contribution >= 4 is 5.91 Å². The molecule has 116 valence electrons. The fourth-order valence-electron chi connectivity index (χ4n) is 2.71. The maximum atomic E-state index is 12.5. The second kappa shape index (κ2) is 7.05. The van der Waals surface area contributed by atoms with Crippen molar-refractivity contribution in [1.29, 1.82) is 0 Å². The van der Waals surface area contributed by atoms with Gasteiger partial charge in [0.05, 0.1) is 6.10 Å². The average molecular weight is 290 g/mol. The molecule has 1 saturated heterocycles. The molecule has 4 heteroatoms. The van der Waals surface area contributed by atoms with Crippen molar-refractivity contribution < 1.29 is 9.53 Å². The lowest BCUT2D eigenvalue weighted by molar-refractivity contribution is -0.143. The summed E-state index contributed by atoms with van der Waals surface area (Å²) in [6, 6.07) is 8.62. The van der Waals surface area contributed by atoms with Crippen molar-refractivity contribution in [3.63, 3.8) is 0 Å². The van der Waals surface area contributed by atoms with Gasteiger partial charge in [-0.1, -0.05) is 29.8 Å². The SMILES string of the molecule is Cc1ccc(CC(C)N(C)C(=O)[C@@H]2CC[C@H](CN)O2)cc1. The molecule has 1 unspecified atom stereocenters. The number of carbonyl (C=O) groups is 1. The Balaban J connectivity index is 1.91. The zero-order valence-corrected chi connectivity index (χ0v) is 13.2. The molecule has 1 aromatic carbocycles. The summed E-state index contributed by atoms with van der Waals surface area (Å²) >= 11 is 0. The van der Waals surface area contributed by atoms with E-state index in [4.69, 9.17) is 10.5 Å². The van der Waals surface area contributed by atoms with E-state index in [1.165, 1.54) is 11.1 Å². The Morgan fingerprint density at radius 1 is 1.38 bits per heavy atom. The van der Waals surface area contributed by atoms with Crippen LogP contribution in [0.25, 0.3) is 0 Å². The van der Waals surface area contributed by atoms with Crippen LogP contribution in [0.1, 0.15) is 30.9 Å². The summed E-state index contributed by atoms with van der Waals surface area (Å²) in [4.78, 5) is 14.3. The van der Waals surface area contributed by atoms with E-state index in [0.717, 1.165) is 19.3 Å². The van der Waals surface area contributed by atoms with Gasteiger partial charge in [0.25, 0.3) is 5.91 Å². The smallest absolute Gasteiger partial charge is 0.251 e. The van der Waals surface area contributed by atoms with E-state index in [9.17, 15) is 4.79 Å². The van der Waals surface area contributed by atoms with Crippen molar-refractivity contribution in [2.45, 2.75) is 51.4 Å². The van der Waals surface area contributed by atoms with E-state index in [0.29, 0.717) is 6.54 Å². The Morgan fingerprint density at radius 2 is 2.05 bits per heavy atom. The third-order valence-electron chi connectivity index (χ3n) is 4.31. The van der Waals surface area contributed by atoms with Gasteiger partial charge in [-0.15, -0.1) is 0 Å². The highest BCUT2D eigenvalue weighted by Gasteiger charge is 2.33. The molecule has 1 aliphatic rings. The van der Waals surface area contributed by atoms with Crippen LogP contribution in [0.15, 0.2) is 24.3 Å². The summed E-state index contributed by atoms with van der Waals surface area (Å²) in [7, 11) is 1.86. The topological polar surface area (TPSA) is 55.6 Å². The van der Waals surface area contributed by atoms with E-state index >= 15 is 0 Å².